The number of carbonyl (C=O) groups is 1. The van der Waals surface area contributed by atoms with Crippen molar-refractivity contribution in [2.75, 3.05) is 12.0 Å². The topological polar surface area (TPSA) is 55.3 Å². The van der Waals surface area contributed by atoms with Gasteiger partial charge in [0.1, 0.15) is 5.75 Å². The molecule has 0 fully saturated rings. The SMILES string of the molecule is COc1ccc2sc(N(Cc3ccccn3)C(=O)Cc3ccc(Cl)s3)nc2c1. The quantitative estimate of drug-likeness (QED) is 0.423. The minimum atomic E-state index is -0.0461. The number of pyridine rings is 1. The van der Waals surface area contributed by atoms with Gasteiger partial charge in [0.15, 0.2) is 5.13 Å². The number of thiophene rings is 1. The van der Waals surface area contributed by atoms with E-state index in [1.165, 1.54) is 22.7 Å². The fraction of sp³-hybridized carbons (Fsp3) is 0.150. The van der Waals surface area contributed by atoms with Crippen LogP contribution in [0.25, 0.3) is 10.2 Å². The summed E-state index contributed by atoms with van der Waals surface area (Å²) in [5.74, 6) is 0.690. The fourth-order valence-corrected chi connectivity index (χ4v) is 4.79. The molecular formula is C20H16ClN3O2S2. The number of hydrogen-bond acceptors (Lipinski definition) is 6. The normalized spacial score (nSPS) is 10.9. The summed E-state index contributed by atoms with van der Waals surface area (Å²) >= 11 is 8.90. The van der Waals surface area contributed by atoms with Gasteiger partial charge in [0.25, 0.3) is 0 Å². The Hall–Kier alpha value is -2.48. The molecule has 8 heteroatoms. The highest BCUT2D eigenvalue weighted by molar-refractivity contribution is 7.22. The number of thiazole rings is 1. The molecule has 0 aliphatic carbocycles. The van der Waals surface area contributed by atoms with Gasteiger partial charge in [0, 0.05) is 17.1 Å². The lowest BCUT2D eigenvalue weighted by atomic mass is 10.3. The zero-order valence-electron chi connectivity index (χ0n) is 15.0. The molecule has 0 saturated carbocycles. The average Bonchev–Trinajstić information content (AvgIpc) is 3.31. The number of anilines is 1. The summed E-state index contributed by atoms with van der Waals surface area (Å²) in [6, 6.07) is 15.1. The summed E-state index contributed by atoms with van der Waals surface area (Å²) in [5, 5.41) is 0.640. The van der Waals surface area contributed by atoms with Crippen LogP contribution in [0.2, 0.25) is 4.34 Å². The zero-order chi connectivity index (χ0) is 19.5. The van der Waals surface area contributed by atoms with Crippen LogP contribution in [-0.2, 0) is 17.8 Å². The van der Waals surface area contributed by atoms with Crippen LogP contribution in [0.1, 0.15) is 10.6 Å². The van der Waals surface area contributed by atoms with Gasteiger partial charge in [-0.1, -0.05) is 29.0 Å². The molecule has 3 heterocycles. The molecule has 1 amide bonds. The van der Waals surface area contributed by atoms with Gasteiger partial charge in [0.2, 0.25) is 5.91 Å². The van der Waals surface area contributed by atoms with Crippen LogP contribution in [0.15, 0.2) is 54.7 Å². The molecule has 28 heavy (non-hydrogen) atoms. The van der Waals surface area contributed by atoms with Crippen LogP contribution in [0, 0.1) is 0 Å². The van der Waals surface area contributed by atoms with E-state index in [2.05, 4.69) is 9.97 Å². The van der Waals surface area contributed by atoms with Gasteiger partial charge in [-0.2, -0.15) is 0 Å². The molecule has 5 nitrogen and oxygen atoms in total. The standard InChI is InChI=1S/C20H16ClN3O2S2/c1-26-14-5-7-17-16(10-14)23-20(28-17)24(12-13-4-2-3-9-22-13)19(25)11-15-6-8-18(21)27-15/h2-10H,11-12H2,1H3. The van der Waals surface area contributed by atoms with E-state index in [1.54, 1.807) is 18.2 Å². The largest absolute Gasteiger partial charge is 0.497 e. The summed E-state index contributed by atoms with van der Waals surface area (Å²) in [4.78, 5) is 24.8. The lowest BCUT2D eigenvalue weighted by Gasteiger charge is -2.19. The number of amides is 1. The van der Waals surface area contributed by atoms with E-state index in [1.807, 2.05) is 48.5 Å². The molecule has 0 bridgehead atoms. The summed E-state index contributed by atoms with van der Waals surface area (Å²) < 4.78 is 6.95. The van der Waals surface area contributed by atoms with Crippen molar-refractivity contribution in [3.63, 3.8) is 0 Å². The summed E-state index contributed by atoms with van der Waals surface area (Å²) in [6.07, 6.45) is 1.99. The Morgan fingerprint density at radius 1 is 1.18 bits per heavy atom. The van der Waals surface area contributed by atoms with Gasteiger partial charge in [-0.15, -0.1) is 11.3 Å². The second-order valence-corrected chi connectivity index (χ2v) is 8.82. The maximum Gasteiger partial charge on any atom is 0.234 e. The predicted molar refractivity (Wildman–Crippen MR) is 115 cm³/mol. The smallest absolute Gasteiger partial charge is 0.234 e. The van der Waals surface area contributed by atoms with Gasteiger partial charge in [0.05, 0.1) is 40.3 Å². The lowest BCUT2D eigenvalue weighted by molar-refractivity contribution is -0.118. The van der Waals surface area contributed by atoms with Gasteiger partial charge >= 0.3 is 0 Å². The van der Waals surface area contributed by atoms with Crippen molar-refractivity contribution < 1.29 is 9.53 Å². The number of benzene rings is 1. The Labute approximate surface area is 175 Å². The summed E-state index contributed by atoms with van der Waals surface area (Å²) in [7, 11) is 1.62. The Kier molecular flexibility index (Phi) is 5.57. The van der Waals surface area contributed by atoms with E-state index in [0.29, 0.717) is 16.0 Å². The Balaban J connectivity index is 1.68. The second kappa shape index (κ2) is 8.26. The van der Waals surface area contributed by atoms with Crippen molar-refractivity contribution in [3.8, 4) is 5.75 Å². The number of rotatable bonds is 6. The second-order valence-electron chi connectivity index (χ2n) is 6.01. The molecule has 4 rings (SSSR count). The van der Waals surface area contributed by atoms with E-state index in [9.17, 15) is 4.79 Å². The third-order valence-corrected chi connectivity index (χ3v) is 6.41. The molecule has 1 aromatic carbocycles. The third kappa shape index (κ3) is 4.16. The molecule has 0 radical (unpaired) electrons. The van der Waals surface area contributed by atoms with Crippen molar-refractivity contribution >= 4 is 55.5 Å². The Morgan fingerprint density at radius 3 is 2.79 bits per heavy atom. The molecule has 0 unspecified atom stereocenters. The number of halogens is 1. The van der Waals surface area contributed by atoms with Crippen LogP contribution in [-0.4, -0.2) is 23.0 Å². The van der Waals surface area contributed by atoms with E-state index < -0.39 is 0 Å². The van der Waals surface area contributed by atoms with Crippen molar-refractivity contribution in [2.45, 2.75) is 13.0 Å². The number of carbonyl (C=O) groups excluding carboxylic acids is 1. The molecule has 0 saturated heterocycles. The van der Waals surface area contributed by atoms with Gasteiger partial charge in [-0.05, 0) is 36.4 Å². The van der Waals surface area contributed by atoms with E-state index >= 15 is 0 Å². The minimum Gasteiger partial charge on any atom is -0.497 e. The highest BCUT2D eigenvalue weighted by atomic mass is 35.5. The molecule has 0 aliphatic rings. The van der Waals surface area contributed by atoms with Crippen molar-refractivity contribution in [3.05, 3.63) is 69.6 Å². The number of fused-ring (bicyclic) bond motifs is 1. The summed E-state index contributed by atoms with van der Waals surface area (Å²) in [5.41, 5.74) is 1.61. The minimum absolute atomic E-state index is 0.0461. The molecule has 4 aromatic rings. The molecule has 0 atom stereocenters. The van der Waals surface area contributed by atoms with Gasteiger partial charge < -0.3 is 4.74 Å². The number of nitrogens with zero attached hydrogens (tertiary/aromatic N) is 3. The Morgan fingerprint density at radius 2 is 2.07 bits per heavy atom. The molecule has 3 aromatic heterocycles. The Bertz CT molecular complexity index is 1110. The van der Waals surface area contributed by atoms with Crippen LogP contribution >= 0.6 is 34.3 Å². The van der Waals surface area contributed by atoms with Crippen molar-refractivity contribution in [1.82, 2.24) is 9.97 Å². The lowest BCUT2D eigenvalue weighted by Crippen LogP contribution is -2.31. The monoisotopic (exact) mass is 429 g/mol. The van der Waals surface area contributed by atoms with E-state index in [0.717, 1.165) is 26.5 Å². The van der Waals surface area contributed by atoms with E-state index in [-0.39, 0.29) is 12.3 Å². The first kappa shape index (κ1) is 18.9. The van der Waals surface area contributed by atoms with Gasteiger partial charge in [-0.3, -0.25) is 14.7 Å². The van der Waals surface area contributed by atoms with E-state index in [4.69, 9.17) is 16.3 Å². The first-order chi connectivity index (χ1) is 13.6. The number of hydrogen-bond donors (Lipinski definition) is 0. The third-order valence-electron chi connectivity index (χ3n) is 4.12. The molecule has 0 spiro atoms. The maximum absolute atomic E-state index is 13.1. The highest BCUT2D eigenvalue weighted by Gasteiger charge is 2.22. The highest BCUT2D eigenvalue weighted by Crippen LogP contribution is 2.32. The van der Waals surface area contributed by atoms with Crippen LogP contribution in [0.5, 0.6) is 5.75 Å². The molecule has 142 valence electrons. The average molecular weight is 430 g/mol. The fourth-order valence-electron chi connectivity index (χ4n) is 2.74. The number of aromatic nitrogens is 2. The predicted octanol–water partition coefficient (Wildman–Crippen LogP) is 5.19. The zero-order valence-corrected chi connectivity index (χ0v) is 17.4. The number of ether oxygens (including phenoxy) is 1. The van der Waals surface area contributed by atoms with Crippen LogP contribution in [0.4, 0.5) is 5.13 Å². The number of methoxy groups -OCH3 is 1. The molecule has 0 aliphatic heterocycles. The first-order valence-electron chi connectivity index (χ1n) is 8.51. The van der Waals surface area contributed by atoms with Crippen LogP contribution < -0.4 is 9.64 Å². The van der Waals surface area contributed by atoms with Crippen molar-refractivity contribution in [2.24, 2.45) is 0 Å². The van der Waals surface area contributed by atoms with Crippen molar-refractivity contribution in [1.29, 1.82) is 0 Å². The van der Waals surface area contributed by atoms with Crippen LogP contribution in [0.3, 0.4) is 0 Å². The summed E-state index contributed by atoms with van der Waals surface area (Å²) in [6.45, 7) is 0.357. The maximum atomic E-state index is 13.1. The van der Waals surface area contributed by atoms with Gasteiger partial charge in [-0.25, -0.2) is 4.98 Å². The molecule has 0 N–H and O–H groups in total. The molecular weight excluding hydrogens is 414 g/mol. The first-order valence-corrected chi connectivity index (χ1v) is 10.5.